The van der Waals surface area contributed by atoms with Gasteiger partial charge >= 0.3 is 0 Å². The maximum absolute atomic E-state index is 12.0. The van der Waals surface area contributed by atoms with Gasteiger partial charge in [0.25, 0.3) is 5.91 Å². The van der Waals surface area contributed by atoms with E-state index in [0.717, 1.165) is 25.9 Å². The molecule has 0 saturated carbocycles. The maximum atomic E-state index is 12.0. The number of anilines is 1. The molecule has 1 aliphatic heterocycles. The van der Waals surface area contributed by atoms with Crippen molar-refractivity contribution in [3.8, 4) is 0 Å². The minimum atomic E-state index is -0.104. The maximum Gasteiger partial charge on any atom is 0.251 e. The van der Waals surface area contributed by atoms with Crippen LogP contribution in [-0.2, 0) is 4.79 Å². The standard InChI is InChI=1S/C16H23N3O2.ClH/c1-2-7-18-16(21)13-4-3-5-14(10-13)19-15(20)9-12-6-8-17-11-12;/h3-5,10,12,17H,2,6-9,11H2,1H3,(H,18,21)(H,19,20);1H. The normalized spacial score (nSPS) is 16.7. The fourth-order valence-electron chi connectivity index (χ4n) is 2.44. The lowest BCUT2D eigenvalue weighted by Gasteiger charge is -2.10. The topological polar surface area (TPSA) is 70.2 Å². The number of carbonyl (C=O) groups excluding carboxylic acids is 2. The summed E-state index contributed by atoms with van der Waals surface area (Å²) in [6, 6.07) is 7.06. The van der Waals surface area contributed by atoms with Gasteiger partial charge in [0.2, 0.25) is 5.91 Å². The van der Waals surface area contributed by atoms with Crippen LogP contribution in [0.1, 0.15) is 36.5 Å². The fourth-order valence-corrected chi connectivity index (χ4v) is 2.44. The Bertz CT molecular complexity index is 502. The Morgan fingerprint density at radius 2 is 2.18 bits per heavy atom. The molecule has 3 N–H and O–H groups in total. The number of rotatable bonds is 6. The van der Waals surface area contributed by atoms with Gasteiger partial charge in [0, 0.05) is 24.2 Å². The molecule has 22 heavy (non-hydrogen) atoms. The molecule has 1 heterocycles. The van der Waals surface area contributed by atoms with Crippen molar-refractivity contribution in [2.24, 2.45) is 5.92 Å². The summed E-state index contributed by atoms with van der Waals surface area (Å²) >= 11 is 0. The highest BCUT2D eigenvalue weighted by atomic mass is 35.5. The number of halogens is 1. The smallest absolute Gasteiger partial charge is 0.251 e. The van der Waals surface area contributed by atoms with Gasteiger partial charge in [-0.1, -0.05) is 13.0 Å². The molecular formula is C16H24ClN3O2. The van der Waals surface area contributed by atoms with Crippen LogP contribution in [0, 0.1) is 5.92 Å². The van der Waals surface area contributed by atoms with Crippen LogP contribution in [0.25, 0.3) is 0 Å². The molecule has 122 valence electrons. The molecule has 1 atom stereocenters. The van der Waals surface area contributed by atoms with E-state index in [1.54, 1.807) is 24.3 Å². The van der Waals surface area contributed by atoms with Gasteiger partial charge in [0.1, 0.15) is 0 Å². The van der Waals surface area contributed by atoms with E-state index >= 15 is 0 Å². The lowest BCUT2D eigenvalue weighted by molar-refractivity contribution is -0.116. The zero-order valence-electron chi connectivity index (χ0n) is 12.9. The predicted octanol–water partition coefficient (Wildman–Crippen LogP) is 2.19. The van der Waals surface area contributed by atoms with Crippen molar-refractivity contribution >= 4 is 29.9 Å². The number of nitrogens with one attached hydrogen (secondary N) is 3. The van der Waals surface area contributed by atoms with Crippen molar-refractivity contribution in [1.29, 1.82) is 0 Å². The van der Waals surface area contributed by atoms with Crippen molar-refractivity contribution in [3.63, 3.8) is 0 Å². The van der Waals surface area contributed by atoms with Gasteiger partial charge in [-0.2, -0.15) is 0 Å². The molecule has 1 aromatic rings. The molecule has 1 saturated heterocycles. The van der Waals surface area contributed by atoms with Crippen LogP contribution in [0.4, 0.5) is 5.69 Å². The van der Waals surface area contributed by atoms with E-state index in [1.807, 2.05) is 6.92 Å². The van der Waals surface area contributed by atoms with Crippen LogP contribution in [0.3, 0.4) is 0 Å². The molecule has 0 aromatic heterocycles. The van der Waals surface area contributed by atoms with Crippen LogP contribution < -0.4 is 16.0 Å². The van der Waals surface area contributed by atoms with Crippen LogP contribution in [0.15, 0.2) is 24.3 Å². The molecular weight excluding hydrogens is 302 g/mol. The molecule has 2 rings (SSSR count). The highest BCUT2D eigenvalue weighted by Gasteiger charge is 2.18. The second kappa shape index (κ2) is 9.43. The van der Waals surface area contributed by atoms with E-state index in [9.17, 15) is 9.59 Å². The molecule has 1 unspecified atom stereocenters. The quantitative estimate of drug-likeness (QED) is 0.751. The summed E-state index contributed by atoms with van der Waals surface area (Å²) in [5.41, 5.74) is 1.25. The zero-order valence-corrected chi connectivity index (χ0v) is 13.7. The Labute approximate surface area is 137 Å². The lowest BCUT2D eigenvalue weighted by atomic mass is 10.0. The zero-order chi connectivity index (χ0) is 15.1. The molecule has 1 aromatic carbocycles. The van der Waals surface area contributed by atoms with Gasteiger partial charge < -0.3 is 16.0 Å². The van der Waals surface area contributed by atoms with Gasteiger partial charge in [-0.3, -0.25) is 9.59 Å². The summed E-state index contributed by atoms with van der Waals surface area (Å²) in [4.78, 5) is 23.9. The summed E-state index contributed by atoms with van der Waals surface area (Å²) in [5, 5.41) is 8.95. The number of benzene rings is 1. The minimum absolute atomic E-state index is 0. The van der Waals surface area contributed by atoms with Crippen LogP contribution in [0.2, 0.25) is 0 Å². The molecule has 0 bridgehead atoms. The first-order valence-electron chi connectivity index (χ1n) is 7.58. The summed E-state index contributed by atoms with van der Waals surface area (Å²) < 4.78 is 0. The highest BCUT2D eigenvalue weighted by molar-refractivity contribution is 5.97. The van der Waals surface area contributed by atoms with E-state index < -0.39 is 0 Å². The third-order valence-corrected chi connectivity index (χ3v) is 3.58. The van der Waals surface area contributed by atoms with Crippen LogP contribution in [-0.4, -0.2) is 31.4 Å². The number of carbonyl (C=O) groups is 2. The first kappa shape index (κ1) is 18.5. The summed E-state index contributed by atoms with van der Waals surface area (Å²) in [7, 11) is 0. The number of hydrogen-bond donors (Lipinski definition) is 3. The fraction of sp³-hybridized carbons (Fsp3) is 0.500. The minimum Gasteiger partial charge on any atom is -0.352 e. The monoisotopic (exact) mass is 325 g/mol. The van der Waals surface area contributed by atoms with Gasteiger partial charge in [-0.15, -0.1) is 12.4 Å². The van der Waals surface area contributed by atoms with Crippen molar-refractivity contribution in [2.45, 2.75) is 26.2 Å². The van der Waals surface area contributed by atoms with E-state index in [0.29, 0.717) is 30.1 Å². The van der Waals surface area contributed by atoms with Crippen LogP contribution >= 0.6 is 12.4 Å². The first-order valence-corrected chi connectivity index (χ1v) is 7.58. The summed E-state index contributed by atoms with van der Waals surface area (Å²) in [6.45, 7) is 4.57. The third kappa shape index (κ3) is 5.66. The second-order valence-electron chi connectivity index (χ2n) is 5.45. The Balaban J connectivity index is 0.00000242. The Morgan fingerprint density at radius 3 is 2.86 bits per heavy atom. The Hall–Kier alpha value is -1.59. The van der Waals surface area contributed by atoms with Crippen molar-refractivity contribution in [3.05, 3.63) is 29.8 Å². The predicted molar refractivity (Wildman–Crippen MR) is 90.5 cm³/mol. The first-order chi connectivity index (χ1) is 10.2. The lowest BCUT2D eigenvalue weighted by Crippen LogP contribution is -2.24. The average Bonchev–Trinajstić information content (AvgIpc) is 2.97. The molecule has 6 heteroatoms. The molecule has 2 amide bonds. The third-order valence-electron chi connectivity index (χ3n) is 3.58. The van der Waals surface area contributed by atoms with E-state index in [2.05, 4.69) is 16.0 Å². The SMILES string of the molecule is CCCNC(=O)c1cccc(NC(=O)CC2CCNC2)c1.Cl. The molecule has 0 radical (unpaired) electrons. The Morgan fingerprint density at radius 1 is 1.36 bits per heavy atom. The average molecular weight is 326 g/mol. The van der Waals surface area contributed by atoms with Gasteiger partial charge in [-0.25, -0.2) is 0 Å². The second-order valence-corrected chi connectivity index (χ2v) is 5.45. The molecule has 1 aliphatic rings. The van der Waals surface area contributed by atoms with Gasteiger partial charge in [0.15, 0.2) is 0 Å². The number of amides is 2. The van der Waals surface area contributed by atoms with E-state index in [-0.39, 0.29) is 24.2 Å². The number of hydrogen-bond acceptors (Lipinski definition) is 3. The van der Waals surface area contributed by atoms with Gasteiger partial charge in [-0.05, 0) is 50.0 Å². The highest BCUT2D eigenvalue weighted by Crippen LogP contribution is 2.15. The molecule has 5 nitrogen and oxygen atoms in total. The largest absolute Gasteiger partial charge is 0.352 e. The summed E-state index contributed by atoms with van der Waals surface area (Å²) in [6.07, 6.45) is 2.48. The van der Waals surface area contributed by atoms with E-state index in [1.165, 1.54) is 0 Å². The van der Waals surface area contributed by atoms with Crippen molar-refractivity contribution in [1.82, 2.24) is 10.6 Å². The molecule has 1 fully saturated rings. The Kier molecular flexibility index (Phi) is 7.91. The molecule has 0 aliphatic carbocycles. The van der Waals surface area contributed by atoms with Gasteiger partial charge in [0.05, 0.1) is 0 Å². The van der Waals surface area contributed by atoms with E-state index in [4.69, 9.17) is 0 Å². The molecule has 0 spiro atoms. The summed E-state index contributed by atoms with van der Waals surface area (Å²) in [5.74, 6) is 0.323. The van der Waals surface area contributed by atoms with Crippen LogP contribution in [0.5, 0.6) is 0 Å². The van der Waals surface area contributed by atoms with Crippen molar-refractivity contribution < 1.29 is 9.59 Å². The van der Waals surface area contributed by atoms with Crippen molar-refractivity contribution in [2.75, 3.05) is 25.0 Å².